The largest absolute Gasteiger partial charge is 0.482 e. The second kappa shape index (κ2) is 5.18. The van der Waals surface area contributed by atoms with Crippen molar-refractivity contribution in [1.29, 1.82) is 0 Å². The second-order valence-corrected chi connectivity index (χ2v) is 5.98. The van der Waals surface area contributed by atoms with Crippen LogP contribution in [0.15, 0.2) is 18.2 Å². The van der Waals surface area contributed by atoms with Crippen LogP contribution in [-0.2, 0) is 6.42 Å². The Hall–Kier alpha value is -1.23. The maximum atomic E-state index is 5.39. The lowest BCUT2D eigenvalue weighted by Crippen LogP contribution is -2.14. The molecular weight excluding hydrogens is 246 g/mol. The molecule has 0 saturated carbocycles. The zero-order valence-electron chi connectivity index (χ0n) is 10.5. The summed E-state index contributed by atoms with van der Waals surface area (Å²) < 4.78 is 7.41. The fourth-order valence-electron chi connectivity index (χ4n) is 2.43. The predicted molar refractivity (Wildman–Crippen MR) is 73.3 cm³/mol. The van der Waals surface area contributed by atoms with Gasteiger partial charge in [0.05, 0.1) is 7.11 Å². The highest BCUT2D eigenvalue weighted by molar-refractivity contribution is 7.99. The van der Waals surface area contributed by atoms with Gasteiger partial charge in [-0.15, -0.1) is 10.2 Å². The number of aromatic nitrogens is 3. The highest BCUT2D eigenvalue weighted by Gasteiger charge is 2.18. The van der Waals surface area contributed by atoms with E-state index in [0.717, 1.165) is 23.8 Å². The Balaban J connectivity index is 1.91. The van der Waals surface area contributed by atoms with Crippen LogP contribution in [0.5, 0.6) is 5.88 Å². The monoisotopic (exact) mass is 263 g/mol. The van der Waals surface area contributed by atoms with Crippen molar-refractivity contribution in [3.63, 3.8) is 0 Å². The number of rotatable bonds is 3. The zero-order chi connectivity index (χ0) is 12.4. The van der Waals surface area contributed by atoms with Crippen molar-refractivity contribution in [3.8, 4) is 5.88 Å². The average Bonchev–Trinajstić information content (AvgIpc) is 2.83. The zero-order valence-corrected chi connectivity index (χ0v) is 11.3. The first-order chi connectivity index (χ1) is 8.88. The third kappa shape index (κ3) is 2.19. The molecule has 1 aliphatic rings. The lowest BCUT2D eigenvalue weighted by Gasteiger charge is -2.20. The highest BCUT2D eigenvalue weighted by atomic mass is 32.2. The molecule has 5 heteroatoms. The van der Waals surface area contributed by atoms with E-state index in [2.05, 4.69) is 22.0 Å². The van der Waals surface area contributed by atoms with Gasteiger partial charge in [0.2, 0.25) is 5.88 Å². The molecule has 1 atom stereocenters. The molecule has 1 unspecified atom stereocenters. The fraction of sp³-hybridized carbons (Fsp3) is 0.538. The molecule has 0 bridgehead atoms. The van der Waals surface area contributed by atoms with E-state index in [0.29, 0.717) is 5.25 Å². The second-order valence-electron chi connectivity index (χ2n) is 4.57. The van der Waals surface area contributed by atoms with Gasteiger partial charge >= 0.3 is 0 Å². The van der Waals surface area contributed by atoms with E-state index < -0.39 is 0 Å². The summed E-state index contributed by atoms with van der Waals surface area (Å²) in [5.41, 5.74) is 0.866. The molecule has 1 aliphatic heterocycles. The predicted octanol–water partition coefficient (Wildman–Crippen LogP) is 2.57. The third-order valence-electron chi connectivity index (χ3n) is 3.35. The number of nitrogens with zero attached hydrogens (tertiary/aromatic N) is 3. The summed E-state index contributed by atoms with van der Waals surface area (Å²) in [6.07, 6.45) is 4.96. The van der Waals surface area contributed by atoms with Crippen molar-refractivity contribution in [3.05, 3.63) is 24.0 Å². The molecular formula is C13H17N3OS. The molecule has 3 rings (SSSR count). The van der Waals surface area contributed by atoms with E-state index in [1.807, 2.05) is 22.6 Å². The van der Waals surface area contributed by atoms with Gasteiger partial charge in [-0.3, -0.25) is 0 Å². The van der Waals surface area contributed by atoms with Gasteiger partial charge in [0.15, 0.2) is 5.65 Å². The SMILES string of the molecule is COc1cccc2nnc(CC3CCCCS3)n12. The summed E-state index contributed by atoms with van der Waals surface area (Å²) >= 11 is 2.06. The van der Waals surface area contributed by atoms with Crippen LogP contribution in [0, 0.1) is 0 Å². The van der Waals surface area contributed by atoms with E-state index >= 15 is 0 Å². The smallest absolute Gasteiger partial charge is 0.200 e. The van der Waals surface area contributed by atoms with Crippen molar-refractivity contribution < 1.29 is 4.74 Å². The first kappa shape index (κ1) is 11.8. The van der Waals surface area contributed by atoms with Gasteiger partial charge in [0, 0.05) is 11.7 Å². The molecule has 0 aromatic carbocycles. The van der Waals surface area contributed by atoms with Crippen LogP contribution < -0.4 is 4.74 Å². The van der Waals surface area contributed by atoms with Crippen molar-refractivity contribution >= 4 is 17.4 Å². The molecule has 0 amide bonds. The lowest BCUT2D eigenvalue weighted by molar-refractivity contribution is 0.390. The number of pyridine rings is 1. The van der Waals surface area contributed by atoms with E-state index in [4.69, 9.17) is 4.74 Å². The van der Waals surface area contributed by atoms with Gasteiger partial charge in [-0.2, -0.15) is 11.8 Å². The molecule has 4 nitrogen and oxygen atoms in total. The van der Waals surface area contributed by atoms with Crippen LogP contribution in [-0.4, -0.2) is 32.7 Å². The molecule has 1 saturated heterocycles. The molecule has 3 heterocycles. The molecule has 18 heavy (non-hydrogen) atoms. The number of thioether (sulfide) groups is 1. The quantitative estimate of drug-likeness (QED) is 0.853. The van der Waals surface area contributed by atoms with Gasteiger partial charge in [0.1, 0.15) is 5.82 Å². The van der Waals surface area contributed by atoms with Crippen LogP contribution >= 0.6 is 11.8 Å². The Morgan fingerprint density at radius 2 is 2.33 bits per heavy atom. The number of hydrogen-bond acceptors (Lipinski definition) is 4. The molecule has 2 aromatic rings. The Bertz CT molecular complexity index is 534. The van der Waals surface area contributed by atoms with Crippen LogP contribution in [0.3, 0.4) is 0 Å². The highest BCUT2D eigenvalue weighted by Crippen LogP contribution is 2.28. The van der Waals surface area contributed by atoms with Crippen LogP contribution in [0.4, 0.5) is 0 Å². The molecule has 0 radical (unpaired) electrons. The van der Waals surface area contributed by atoms with Gasteiger partial charge in [0.25, 0.3) is 0 Å². The number of hydrogen-bond donors (Lipinski definition) is 0. The Kier molecular flexibility index (Phi) is 3.41. The van der Waals surface area contributed by atoms with Gasteiger partial charge in [-0.05, 0) is 30.7 Å². The van der Waals surface area contributed by atoms with E-state index in [-0.39, 0.29) is 0 Å². The molecule has 0 N–H and O–H groups in total. The minimum absolute atomic E-state index is 0.677. The summed E-state index contributed by atoms with van der Waals surface area (Å²) in [6.45, 7) is 0. The van der Waals surface area contributed by atoms with Gasteiger partial charge in [-0.25, -0.2) is 4.40 Å². The normalized spacial score (nSPS) is 20.2. The number of ether oxygens (including phenoxy) is 1. The molecule has 0 aliphatic carbocycles. The maximum absolute atomic E-state index is 5.39. The number of fused-ring (bicyclic) bond motifs is 1. The topological polar surface area (TPSA) is 39.4 Å². The summed E-state index contributed by atoms with van der Waals surface area (Å²) in [7, 11) is 1.69. The van der Waals surface area contributed by atoms with Crippen molar-refractivity contribution in [2.24, 2.45) is 0 Å². The molecule has 2 aromatic heterocycles. The summed E-state index contributed by atoms with van der Waals surface area (Å²) in [5, 5.41) is 9.21. The first-order valence-corrected chi connectivity index (χ1v) is 7.42. The Morgan fingerprint density at radius 3 is 3.11 bits per heavy atom. The summed E-state index contributed by atoms with van der Waals surface area (Å²) in [4.78, 5) is 0. The van der Waals surface area contributed by atoms with E-state index in [9.17, 15) is 0 Å². The van der Waals surface area contributed by atoms with Crippen molar-refractivity contribution in [1.82, 2.24) is 14.6 Å². The van der Waals surface area contributed by atoms with Crippen LogP contribution in [0.1, 0.15) is 25.1 Å². The van der Waals surface area contributed by atoms with Crippen molar-refractivity contribution in [2.45, 2.75) is 30.9 Å². The maximum Gasteiger partial charge on any atom is 0.200 e. The minimum atomic E-state index is 0.677. The minimum Gasteiger partial charge on any atom is -0.482 e. The third-order valence-corrected chi connectivity index (χ3v) is 4.75. The van der Waals surface area contributed by atoms with Crippen LogP contribution in [0.2, 0.25) is 0 Å². The fourth-order valence-corrected chi connectivity index (χ4v) is 3.74. The Labute approximate surface area is 111 Å². The molecule has 96 valence electrons. The Morgan fingerprint density at radius 1 is 1.39 bits per heavy atom. The first-order valence-electron chi connectivity index (χ1n) is 6.37. The average molecular weight is 263 g/mol. The summed E-state index contributed by atoms with van der Waals surface area (Å²) in [6, 6.07) is 5.86. The lowest BCUT2D eigenvalue weighted by atomic mass is 10.1. The van der Waals surface area contributed by atoms with E-state index in [1.165, 1.54) is 25.0 Å². The number of methoxy groups -OCH3 is 1. The van der Waals surface area contributed by atoms with E-state index in [1.54, 1.807) is 7.11 Å². The molecule has 0 spiro atoms. The van der Waals surface area contributed by atoms with Crippen LogP contribution in [0.25, 0.3) is 5.65 Å². The standard InChI is InChI=1S/C13H17N3OS/c1-17-13-7-4-6-11-14-15-12(16(11)13)9-10-5-2-3-8-18-10/h4,6-7,10H,2-3,5,8-9H2,1H3. The molecule has 1 fully saturated rings. The summed E-state index contributed by atoms with van der Waals surface area (Å²) in [5.74, 6) is 3.11. The van der Waals surface area contributed by atoms with Gasteiger partial charge in [-0.1, -0.05) is 12.5 Å². The van der Waals surface area contributed by atoms with Gasteiger partial charge < -0.3 is 4.74 Å². The van der Waals surface area contributed by atoms with Crippen molar-refractivity contribution in [2.75, 3.05) is 12.9 Å².